The van der Waals surface area contributed by atoms with E-state index in [1.54, 1.807) is 12.1 Å². The molecule has 1 aliphatic rings. The Morgan fingerprint density at radius 2 is 2.33 bits per heavy atom. The summed E-state index contributed by atoms with van der Waals surface area (Å²) in [6, 6.07) is 5.29. The zero-order chi connectivity index (χ0) is 8.55. The van der Waals surface area contributed by atoms with E-state index < -0.39 is 0 Å². The molecular weight excluding hydrogens is 154 g/mol. The lowest BCUT2D eigenvalue weighted by molar-refractivity contribution is 0.0904. The van der Waals surface area contributed by atoms with Gasteiger partial charge in [0.25, 0.3) is 0 Å². The van der Waals surface area contributed by atoms with Crippen molar-refractivity contribution in [1.82, 2.24) is 0 Å². The van der Waals surface area contributed by atoms with Gasteiger partial charge in [-0.2, -0.15) is 0 Å². The summed E-state index contributed by atoms with van der Waals surface area (Å²) in [4.78, 5) is 0. The Morgan fingerprint density at radius 3 is 3.08 bits per heavy atom. The van der Waals surface area contributed by atoms with Crippen LogP contribution in [0.1, 0.15) is 17.2 Å². The molecule has 0 aliphatic carbocycles. The van der Waals surface area contributed by atoms with Gasteiger partial charge in [0.1, 0.15) is 5.75 Å². The molecule has 0 unspecified atom stereocenters. The molecule has 0 fully saturated rings. The summed E-state index contributed by atoms with van der Waals surface area (Å²) >= 11 is 0. The van der Waals surface area contributed by atoms with Crippen LogP contribution in [0, 0.1) is 0 Å². The highest BCUT2D eigenvalue weighted by atomic mass is 16.5. The van der Waals surface area contributed by atoms with Crippen molar-refractivity contribution in [3.63, 3.8) is 0 Å². The molecule has 0 saturated carbocycles. The van der Waals surface area contributed by atoms with Crippen molar-refractivity contribution in [2.45, 2.75) is 12.6 Å². The van der Waals surface area contributed by atoms with Crippen LogP contribution in [0.25, 0.3) is 0 Å². The topological polar surface area (TPSA) is 55.5 Å². The Bertz CT molecular complexity index is 299. The largest absolute Gasteiger partial charge is 0.508 e. The Labute approximate surface area is 70.8 Å². The van der Waals surface area contributed by atoms with Crippen molar-refractivity contribution in [1.29, 1.82) is 0 Å². The average molecular weight is 165 g/mol. The number of aromatic hydroxyl groups is 1. The van der Waals surface area contributed by atoms with Crippen molar-refractivity contribution >= 4 is 0 Å². The molecule has 3 nitrogen and oxygen atoms in total. The third-order valence-corrected chi connectivity index (χ3v) is 2.13. The summed E-state index contributed by atoms with van der Waals surface area (Å²) in [7, 11) is 0. The van der Waals surface area contributed by atoms with E-state index in [1.807, 2.05) is 6.07 Å². The second kappa shape index (κ2) is 2.77. The minimum absolute atomic E-state index is 0.0964. The van der Waals surface area contributed by atoms with Gasteiger partial charge >= 0.3 is 0 Å². The van der Waals surface area contributed by atoms with E-state index in [2.05, 4.69) is 0 Å². The van der Waals surface area contributed by atoms with Crippen molar-refractivity contribution in [2.75, 3.05) is 6.61 Å². The molecule has 1 aromatic carbocycles. The molecule has 0 amide bonds. The van der Waals surface area contributed by atoms with Crippen molar-refractivity contribution in [3.8, 4) is 5.75 Å². The second-order valence-corrected chi connectivity index (χ2v) is 2.97. The minimum Gasteiger partial charge on any atom is -0.508 e. The first-order valence-corrected chi connectivity index (χ1v) is 3.93. The maximum atomic E-state index is 9.44. The molecule has 64 valence electrons. The Kier molecular flexibility index (Phi) is 1.75. The first kappa shape index (κ1) is 7.58. The summed E-state index contributed by atoms with van der Waals surface area (Å²) in [5.41, 5.74) is 7.61. The summed E-state index contributed by atoms with van der Waals surface area (Å²) < 4.78 is 5.20. The van der Waals surface area contributed by atoms with Crippen LogP contribution in [0.15, 0.2) is 18.2 Å². The van der Waals surface area contributed by atoms with Gasteiger partial charge in [-0.05, 0) is 11.6 Å². The number of rotatable bonds is 0. The zero-order valence-electron chi connectivity index (χ0n) is 6.66. The monoisotopic (exact) mass is 165 g/mol. The molecule has 1 aromatic rings. The molecule has 0 saturated heterocycles. The van der Waals surface area contributed by atoms with Crippen LogP contribution in [0.2, 0.25) is 0 Å². The van der Waals surface area contributed by atoms with Gasteiger partial charge < -0.3 is 15.6 Å². The summed E-state index contributed by atoms with van der Waals surface area (Å²) in [6.45, 7) is 1.01. The van der Waals surface area contributed by atoms with Gasteiger partial charge in [0.15, 0.2) is 0 Å². The van der Waals surface area contributed by atoms with Crippen molar-refractivity contribution in [2.24, 2.45) is 5.73 Å². The van der Waals surface area contributed by atoms with Crippen LogP contribution in [-0.2, 0) is 11.3 Å². The predicted octanol–water partition coefficient (Wildman–Crippen LogP) is 0.922. The van der Waals surface area contributed by atoms with Gasteiger partial charge in [-0.15, -0.1) is 0 Å². The molecular formula is C9H11NO2. The summed E-state index contributed by atoms with van der Waals surface area (Å²) in [5.74, 6) is 0.280. The van der Waals surface area contributed by atoms with Gasteiger partial charge in [0, 0.05) is 5.56 Å². The third kappa shape index (κ3) is 1.07. The lowest BCUT2D eigenvalue weighted by Crippen LogP contribution is -2.23. The molecule has 2 rings (SSSR count). The van der Waals surface area contributed by atoms with Crippen LogP contribution >= 0.6 is 0 Å². The quantitative estimate of drug-likeness (QED) is 0.601. The highest BCUT2D eigenvalue weighted by molar-refractivity contribution is 5.41. The molecule has 1 atom stereocenters. The van der Waals surface area contributed by atoms with E-state index in [9.17, 15) is 5.11 Å². The smallest absolute Gasteiger partial charge is 0.121 e. The number of nitrogens with two attached hydrogens (primary N) is 1. The lowest BCUT2D eigenvalue weighted by Gasteiger charge is -2.22. The molecule has 1 heterocycles. The fourth-order valence-corrected chi connectivity index (χ4v) is 1.47. The normalized spacial score (nSPS) is 21.9. The maximum Gasteiger partial charge on any atom is 0.121 e. The predicted molar refractivity (Wildman–Crippen MR) is 44.7 cm³/mol. The molecule has 0 spiro atoms. The lowest BCUT2D eigenvalue weighted by atomic mass is 9.99. The van der Waals surface area contributed by atoms with Gasteiger partial charge in [-0.1, -0.05) is 12.1 Å². The molecule has 3 heteroatoms. The van der Waals surface area contributed by atoms with E-state index in [4.69, 9.17) is 10.5 Å². The number of ether oxygens (including phenoxy) is 1. The molecule has 1 aliphatic heterocycles. The molecule has 0 bridgehead atoms. The van der Waals surface area contributed by atoms with E-state index in [0.717, 1.165) is 11.1 Å². The first-order chi connectivity index (χ1) is 5.79. The third-order valence-electron chi connectivity index (χ3n) is 2.13. The average Bonchev–Trinajstić information content (AvgIpc) is 2.07. The number of hydrogen-bond acceptors (Lipinski definition) is 3. The van der Waals surface area contributed by atoms with E-state index in [-0.39, 0.29) is 11.8 Å². The van der Waals surface area contributed by atoms with Crippen molar-refractivity contribution in [3.05, 3.63) is 29.3 Å². The zero-order valence-corrected chi connectivity index (χ0v) is 6.66. The van der Waals surface area contributed by atoms with Gasteiger partial charge in [-0.3, -0.25) is 0 Å². The maximum absolute atomic E-state index is 9.44. The highest BCUT2D eigenvalue weighted by Crippen LogP contribution is 2.29. The first-order valence-electron chi connectivity index (χ1n) is 3.93. The van der Waals surface area contributed by atoms with Gasteiger partial charge in [0.05, 0.1) is 19.3 Å². The van der Waals surface area contributed by atoms with E-state index in [1.165, 1.54) is 0 Å². The molecule has 3 N–H and O–H groups in total. The SMILES string of the molecule is N[C@H]1COCc2c(O)cccc21. The fourth-order valence-electron chi connectivity index (χ4n) is 1.47. The van der Waals surface area contributed by atoms with Crippen LogP contribution in [0.5, 0.6) is 5.75 Å². The summed E-state index contributed by atoms with van der Waals surface area (Å²) in [6.07, 6.45) is 0. The van der Waals surface area contributed by atoms with Crippen molar-refractivity contribution < 1.29 is 9.84 Å². The number of phenols is 1. The fraction of sp³-hybridized carbons (Fsp3) is 0.333. The van der Waals surface area contributed by atoms with Crippen LogP contribution in [0.4, 0.5) is 0 Å². The summed E-state index contributed by atoms with van der Waals surface area (Å²) in [5, 5.41) is 9.44. The van der Waals surface area contributed by atoms with E-state index in [0.29, 0.717) is 13.2 Å². The number of hydrogen-bond donors (Lipinski definition) is 2. The second-order valence-electron chi connectivity index (χ2n) is 2.97. The van der Waals surface area contributed by atoms with Gasteiger partial charge in [-0.25, -0.2) is 0 Å². The Balaban J connectivity index is 2.52. The molecule has 0 aromatic heterocycles. The highest BCUT2D eigenvalue weighted by Gasteiger charge is 2.18. The van der Waals surface area contributed by atoms with Crippen LogP contribution in [0.3, 0.4) is 0 Å². The number of benzene rings is 1. The Hall–Kier alpha value is -1.06. The minimum atomic E-state index is -0.0964. The van der Waals surface area contributed by atoms with Crippen LogP contribution < -0.4 is 5.73 Å². The molecule has 0 radical (unpaired) electrons. The standard InChI is InChI=1S/C9H11NO2/c10-8-5-12-4-7-6(8)2-1-3-9(7)11/h1-3,8,11H,4-5,10H2/t8-/m0/s1. The molecule has 12 heavy (non-hydrogen) atoms. The van der Waals surface area contributed by atoms with Crippen LogP contribution in [-0.4, -0.2) is 11.7 Å². The van der Waals surface area contributed by atoms with E-state index >= 15 is 0 Å². The Morgan fingerprint density at radius 1 is 1.50 bits per heavy atom. The number of phenolic OH excluding ortho intramolecular Hbond substituents is 1. The number of fused-ring (bicyclic) bond motifs is 1. The van der Waals surface area contributed by atoms with Gasteiger partial charge in [0.2, 0.25) is 0 Å².